The molecule has 0 saturated heterocycles. The Kier molecular flexibility index (Phi) is 4.27. The lowest BCUT2D eigenvalue weighted by atomic mass is 10.0. The van der Waals surface area contributed by atoms with Crippen molar-refractivity contribution < 1.29 is 9.84 Å². The molecule has 0 bridgehead atoms. The number of hydrogen-bond acceptors (Lipinski definition) is 4. The van der Waals surface area contributed by atoms with Crippen molar-refractivity contribution in [2.24, 2.45) is 4.99 Å². The van der Waals surface area contributed by atoms with Crippen LogP contribution in [0, 0.1) is 0 Å². The fourth-order valence-corrected chi connectivity index (χ4v) is 2.74. The quantitative estimate of drug-likeness (QED) is 0.884. The lowest BCUT2D eigenvalue weighted by Crippen LogP contribution is -2.31. The van der Waals surface area contributed by atoms with Gasteiger partial charge in [-0.05, 0) is 36.1 Å². The van der Waals surface area contributed by atoms with Gasteiger partial charge >= 0.3 is 0 Å². The maximum absolute atomic E-state index is 10.1. The van der Waals surface area contributed by atoms with Crippen LogP contribution in [-0.2, 0) is 4.74 Å². The second-order valence-electron chi connectivity index (χ2n) is 4.89. The van der Waals surface area contributed by atoms with Crippen LogP contribution in [-0.4, -0.2) is 29.9 Å². The number of aliphatic hydroxyl groups is 1. The van der Waals surface area contributed by atoms with Crippen molar-refractivity contribution in [1.82, 2.24) is 0 Å². The summed E-state index contributed by atoms with van der Waals surface area (Å²) in [4.78, 5) is 5.55. The van der Waals surface area contributed by atoms with E-state index in [9.17, 15) is 5.11 Å². The Balaban J connectivity index is 1.84. The van der Waals surface area contributed by atoms with Crippen LogP contribution in [0.5, 0.6) is 0 Å². The van der Waals surface area contributed by atoms with Crippen molar-refractivity contribution in [2.45, 2.75) is 17.1 Å². The van der Waals surface area contributed by atoms with Gasteiger partial charge in [0.25, 0.3) is 0 Å². The van der Waals surface area contributed by atoms with Gasteiger partial charge < -0.3 is 9.84 Å². The largest absolute Gasteiger partial charge is 0.466 e. The molecule has 0 spiro atoms. The topological polar surface area (TPSA) is 41.8 Å². The highest BCUT2D eigenvalue weighted by atomic mass is 32.2. The standard InChI is InChI=1S/C17H17NO2S/c1-21-14-9-7-13(8-10-14)17-18-11-15(19)16(20-17)12-5-3-2-4-6-12/h2-10,15-16,19H,11H2,1H3. The highest BCUT2D eigenvalue weighted by molar-refractivity contribution is 7.98. The van der Waals surface area contributed by atoms with Crippen LogP contribution in [0.3, 0.4) is 0 Å². The summed E-state index contributed by atoms with van der Waals surface area (Å²) in [5.41, 5.74) is 1.92. The van der Waals surface area contributed by atoms with E-state index in [4.69, 9.17) is 4.74 Å². The third kappa shape index (κ3) is 3.12. The van der Waals surface area contributed by atoms with Crippen molar-refractivity contribution in [3.63, 3.8) is 0 Å². The molecule has 0 amide bonds. The second-order valence-corrected chi connectivity index (χ2v) is 5.77. The molecule has 1 aliphatic heterocycles. The van der Waals surface area contributed by atoms with E-state index in [1.807, 2.05) is 48.7 Å². The SMILES string of the molecule is CSc1ccc(C2=NCC(O)C(c3ccccc3)O2)cc1. The summed E-state index contributed by atoms with van der Waals surface area (Å²) < 4.78 is 5.94. The van der Waals surface area contributed by atoms with E-state index in [2.05, 4.69) is 17.1 Å². The fraction of sp³-hybridized carbons (Fsp3) is 0.235. The first-order chi connectivity index (χ1) is 10.3. The van der Waals surface area contributed by atoms with Crippen LogP contribution in [0.15, 0.2) is 64.5 Å². The van der Waals surface area contributed by atoms with Crippen LogP contribution >= 0.6 is 11.8 Å². The number of thioether (sulfide) groups is 1. The molecule has 1 heterocycles. The maximum atomic E-state index is 10.1. The summed E-state index contributed by atoms with van der Waals surface area (Å²) in [6.45, 7) is 0.360. The van der Waals surface area contributed by atoms with Crippen LogP contribution in [0.2, 0.25) is 0 Å². The smallest absolute Gasteiger partial charge is 0.216 e. The first-order valence-electron chi connectivity index (χ1n) is 6.86. The molecule has 0 radical (unpaired) electrons. The molecular formula is C17H17NO2S. The number of aliphatic hydroxyl groups excluding tert-OH is 1. The van der Waals surface area contributed by atoms with E-state index in [-0.39, 0.29) is 6.10 Å². The molecule has 0 fully saturated rings. The van der Waals surface area contributed by atoms with Gasteiger partial charge in [0.2, 0.25) is 5.90 Å². The predicted molar refractivity (Wildman–Crippen MR) is 85.9 cm³/mol. The van der Waals surface area contributed by atoms with E-state index >= 15 is 0 Å². The molecule has 3 rings (SSSR count). The molecule has 21 heavy (non-hydrogen) atoms. The molecule has 0 aliphatic carbocycles. The van der Waals surface area contributed by atoms with Crippen LogP contribution in [0.25, 0.3) is 0 Å². The van der Waals surface area contributed by atoms with Gasteiger partial charge in [0.05, 0.1) is 6.54 Å². The minimum absolute atomic E-state index is 0.360. The number of nitrogens with zero attached hydrogens (tertiary/aromatic N) is 1. The minimum Gasteiger partial charge on any atom is -0.466 e. The van der Waals surface area contributed by atoms with Crippen molar-refractivity contribution in [3.8, 4) is 0 Å². The average molecular weight is 299 g/mol. The summed E-state index contributed by atoms with van der Waals surface area (Å²) in [6, 6.07) is 17.9. The van der Waals surface area contributed by atoms with Gasteiger partial charge in [0, 0.05) is 10.5 Å². The predicted octanol–water partition coefficient (Wildman–Crippen LogP) is 3.29. The van der Waals surface area contributed by atoms with E-state index in [0.717, 1.165) is 11.1 Å². The Bertz CT molecular complexity index is 625. The first-order valence-corrected chi connectivity index (χ1v) is 8.09. The lowest BCUT2D eigenvalue weighted by Gasteiger charge is -2.28. The molecule has 108 valence electrons. The van der Waals surface area contributed by atoms with Crippen molar-refractivity contribution in [2.75, 3.05) is 12.8 Å². The van der Waals surface area contributed by atoms with Gasteiger partial charge in [-0.2, -0.15) is 0 Å². The number of aliphatic imine (C=N–C) groups is 1. The van der Waals surface area contributed by atoms with Crippen LogP contribution in [0.4, 0.5) is 0 Å². The molecule has 3 nitrogen and oxygen atoms in total. The van der Waals surface area contributed by atoms with Gasteiger partial charge in [-0.25, -0.2) is 4.99 Å². The Labute approximate surface area is 128 Å². The third-order valence-electron chi connectivity index (χ3n) is 3.48. The molecular weight excluding hydrogens is 282 g/mol. The maximum Gasteiger partial charge on any atom is 0.216 e. The van der Waals surface area contributed by atoms with E-state index < -0.39 is 6.10 Å². The Morgan fingerprint density at radius 1 is 1.10 bits per heavy atom. The first kappa shape index (κ1) is 14.2. The van der Waals surface area contributed by atoms with Crippen molar-refractivity contribution >= 4 is 17.7 Å². The number of rotatable bonds is 3. The van der Waals surface area contributed by atoms with E-state index in [1.54, 1.807) is 11.8 Å². The molecule has 4 heteroatoms. The molecule has 1 aliphatic rings. The molecule has 0 aromatic heterocycles. The Morgan fingerprint density at radius 3 is 2.48 bits per heavy atom. The normalized spacial score (nSPS) is 21.5. The molecule has 1 N–H and O–H groups in total. The van der Waals surface area contributed by atoms with E-state index in [0.29, 0.717) is 12.4 Å². The van der Waals surface area contributed by atoms with Gasteiger partial charge in [-0.1, -0.05) is 30.3 Å². The van der Waals surface area contributed by atoms with Gasteiger partial charge in [-0.15, -0.1) is 11.8 Å². The fourth-order valence-electron chi connectivity index (χ4n) is 2.33. The van der Waals surface area contributed by atoms with Crippen LogP contribution in [0.1, 0.15) is 17.2 Å². The average Bonchev–Trinajstić information content (AvgIpc) is 2.56. The monoisotopic (exact) mass is 299 g/mol. The highest BCUT2D eigenvalue weighted by Crippen LogP contribution is 2.27. The van der Waals surface area contributed by atoms with Gasteiger partial charge in [-0.3, -0.25) is 0 Å². The van der Waals surface area contributed by atoms with Crippen LogP contribution < -0.4 is 0 Å². The number of benzene rings is 2. The summed E-state index contributed by atoms with van der Waals surface area (Å²) >= 11 is 1.70. The summed E-state index contributed by atoms with van der Waals surface area (Å²) in [6.07, 6.45) is 1.08. The Morgan fingerprint density at radius 2 is 1.81 bits per heavy atom. The van der Waals surface area contributed by atoms with Crippen molar-refractivity contribution in [3.05, 3.63) is 65.7 Å². The van der Waals surface area contributed by atoms with E-state index in [1.165, 1.54) is 4.90 Å². The molecule has 0 saturated carbocycles. The number of ether oxygens (including phenoxy) is 1. The van der Waals surface area contributed by atoms with Gasteiger partial charge in [0.1, 0.15) is 6.10 Å². The zero-order chi connectivity index (χ0) is 14.7. The molecule has 2 unspecified atom stereocenters. The zero-order valence-electron chi connectivity index (χ0n) is 11.8. The molecule has 2 atom stereocenters. The zero-order valence-corrected chi connectivity index (χ0v) is 12.6. The third-order valence-corrected chi connectivity index (χ3v) is 4.22. The lowest BCUT2D eigenvalue weighted by molar-refractivity contribution is 0.0217. The summed E-state index contributed by atoms with van der Waals surface area (Å²) in [5.74, 6) is 0.599. The molecule has 2 aromatic rings. The minimum atomic E-state index is -0.610. The summed E-state index contributed by atoms with van der Waals surface area (Å²) in [5, 5.41) is 10.1. The Hall–Kier alpha value is -1.78. The van der Waals surface area contributed by atoms with Gasteiger partial charge in [0.15, 0.2) is 6.10 Å². The summed E-state index contributed by atoms with van der Waals surface area (Å²) in [7, 11) is 0. The van der Waals surface area contributed by atoms with Crippen molar-refractivity contribution in [1.29, 1.82) is 0 Å². The second kappa shape index (κ2) is 6.33. The highest BCUT2D eigenvalue weighted by Gasteiger charge is 2.28. The number of hydrogen-bond donors (Lipinski definition) is 1. The molecule has 2 aromatic carbocycles.